The van der Waals surface area contributed by atoms with Gasteiger partial charge in [-0.05, 0) is 60.2 Å². The predicted molar refractivity (Wildman–Crippen MR) is 137 cm³/mol. The lowest BCUT2D eigenvalue weighted by atomic mass is 9.94. The number of benzene rings is 1. The van der Waals surface area contributed by atoms with Crippen LogP contribution in [0.25, 0.3) is 0 Å². The molecule has 5 rings (SSSR count). The number of rotatable bonds is 8. The van der Waals surface area contributed by atoms with Crippen LogP contribution in [0.5, 0.6) is 5.75 Å². The lowest BCUT2D eigenvalue weighted by Crippen LogP contribution is -2.66. The van der Waals surface area contributed by atoms with Crippen LogP contribution in [-0.4, -0.2) is 71.5 Å². The molecule has 2 saturated heterocycles. The Bertz CT molecular complexity index is 1100. The van der Waals surface area contributed by atoms with E-state index in [9.17, 15) is 14.4 Å². The van der Waals surface area contributed by atoms with Gasteiger partial charge in [0, 0.05) is 18.8 Å². The molecule has 0 aromatic heterocycles. The first-order chi connectivity index (χ1) is 17.3. The van der Waals surface area contributed by atoms with Gasteiger partial charge in [-0.1, -0.05) is 30.0 Å². The number of halogens is 1. The molecule has 2 N–H and O–H groups in total. The van der Waals surface area contributed by atoms with Crippen molar-refractivity contribution in [2.45, 2.75) is 55.7 Å². The SMILES string of the molecule is COc1ccccc1[C@H](CN1C(=O)N(C2(C(N)=O)CC2)C(=O)C2C(C)=C(Br)SC21)OC1CCOCC1. The van der Waals surface area contributed by atoms with Crippen molar-refractivity contribution >= 4 is 45.5 Å². The minimum Gasteiger partial charge on any atom is -0.496 e. The molecule has 11 heteroatoms. The number of para-hydroxylation sites is 1. The van der Waals surface area contributed by atoms with Gasteiger partial charge >= 0.3 is 6.03 Å². The van der Waals surface area contributed by atoms with Crippen molar-refractivity contribution in [2.24, 2.45) is 11.7 Å². The molecule has 4 amide bonds. The molecule has 1 aromatic carbocycles. The van der Waals surface area contributed by atoms with Crippen LogP contribution >= 0.6 is 27.7 Å². The highest BCUT2D eigenvalue weighted by Crippen LogP contribution is 2.53. The molecule has 1 saturated carbocycles. The van der Waals surface area contributed by atoms with Crippen LogP contribution in [-0.2, 0) is 19.1 Å². The maximum atomic E-state index is 14.0. The topological polar surface area (TPSA) is 111 Å². The molecule has 1 aromatic rings. The molecule has 3 atom stereocenters. The fourth-order valence-corrected chi connectivity index (χ4v) is 7.38. The van der Waals surface area contributed by atoms with Crippen LogP contribution in [0.4, 0.5) is 4.79 Å². The van der Waals surface area contributed by atoms with Gasteiger partial charge < -0.3 is 24.8 Å². The zero-order valence-electron chi connectivity index (χ0n) is 20.3. The number of hydrogen-bond acceptors (Lipinski definition) is 7. The van der Waals surface area contributed by atoms with Crippen molar-refractivity contribution in [2.75, 3.05) is 26.9 Å². The first-order valence-electron chi connectivity index (χ1n) is 12.1. The second-order valence-electron chi connectivity index (χ2n) is 9.63. The van der Waals surface area contributed by atoms with Crippen molar-refractivity contribution in [3.8, 4) is 5.75 Å². The van der Waals surface area contributed by atoms with Crippen LogP contribution in [0.2, 0.25) is 0 Å². The number of nitrogens with two attached hydrogens (primary N) is 1. The molecule has 0 bridgehead atoms. The van der Waals surface area contributed by atoms with Gasteiger partial charge in [0.05, 0.1) is 29.5 Å². The molecule has 4 aliphatic rings. The van der Waals surface area contributed by atoms with E-state index in [4.69, 9.17) is 19.9 Å². The van der Waals surface area contributed by atoms with Gasteiger partial charge in [0.2, 0.25) is 11.8 Å². The van der Waals surface area contributed by atoms with Crippen LogP contribution < -0.4 is 10.5 Å². The Hall–Kier alpha value is -2.08. The second kappa shape index (κ2) is 10.00. The number of methoxy groups -OCH3 is 1. The van der Waals surface area contributed by atoms with Crippen molar-refractivity contribution in [3.05, 3.63) is 39.2 Å². The first kappa shape index (κ1) is 25.6. The Morgan fingerprint density at radius 2 is 1.97 bits per heavy atom. The normalized spacial score (nSPS) is 26.8. The van der Waals surface area contributed by atoms with E-state index >= 15 is 0 Å². The number of primary amides is 1. The fraction of sp³-hybridized carbons (Fsp3) is 0.560. The summed E-state index contributed by atoms with van der Waals surface area (Å²) in [6, 6.07) is 7.09. The van der Waals surface area contributed by atoms with E-state index in [1.807, 2.05) is 31.2 Å². The number of nitrogens with zero attached hydrogens (tertiary/aromatic N) is 2. The van der Waals surface area contributed by atoms with E-state index in [1.165, 1.54) is 11.8 Å². The number of urea groups is 1. The van der Waals surface area contributed by atoms with Gasteiger partial charge in [-0.3, -0.25) is 9.59 Å². The number of carbonyl (C=O) groups excluding carboxylic acids is 3. The Morgan fingerprint density at radius 3 is 2.61 bits per heavy atom. The number of ether oxygens (including phenoxy) is 3. The van der Waals surface area contributed by atoms with Gasteiger partial charge in [0.15, 0.2) is 0 Å². The van der Waals surface area contributed by atoms with E-state index in [-0.39, 0.29) is 18.6 Å². The number of thioether (sulfide) groups is 1. The zero-order valence-corrected chi connectivity index (χ0v) is 22.7. The first-order valence-corrected chi connectivity index (χ1v) is 13.8. The Morgan fingerprint density at radius 1 is 1.28 bits per heavy atom. The van der Waals surface area contributed by atoms with E-state index in [0.29, 0.717) is 31.8 Å². The number of amides is 4. The van der Waals surface area contributed by atoms with Gasteiger partial charge in [-0.2, -0.15) is 0 Å². The molecule has 1 aliphatic carbocycles. The van der Waals surface area contributed by atoms with Gasteiger partial charge in [0.25, 0.3) is 0 Å². The average Bonchev–Trinajstić information content (AvgIpc) is 3.62. The third-order valence-corrected chi connectivity index (χ3v) is 9.98. The Balaban J connectivity index is 1.52. The molecule has 0 radical (unpaired) electrons. The molecule has 3 heterocycles. The molecule has 194 valence electrons. The minimum atomic E-state index is -1.25. The summed E-state index contributed by atoms with van der Waals surface area (Å²) < 4.78 is 18.6. The standard InChI is InChI=1S/C25H30BrN3O6S/c1-14-19-21(30)29(25(9-10-25)23(27)31)24(32)28(22(19)36-20(14)26)13-18(35-15-7-11-34-12-8-15)16-5-3-4-6-17(16)33-2/h3-6,15,18-19,22H,7-13H2,1-2H3,(H2,27,31)/t18-,19?,22?/m0/s1. The lowest BCUT2D eigenvalue weighted by Gasteiger charge is -2.45. The zero-order chi connectivity index (χ0) is 25.6. The Labute approximate surface area is 222 Å². The highest BCUT2D eigenvalue weighted by atomic mass is 79.9. The molecule has 3 aliphatic heterocycles. The van der Waals surface area contributed by atoms with Crippen molar-refractivity contribution in [1.82, 2.24) is 9.80 Å². The molecule has 0 spiro atoms. The summed E-state index contributed by atoms with van der Waals surface area (Å²) in [6.45, 7) is 3.31. The van der Waals surface area contributed by atoms with Crippen molar-refractivity contribution in [3.63, 3.8) is 0 Å². The summed E-state index contributed by atoms with van der Waals surface area (Å²) in [6.07, 6.45) is 1.73. The van der Waals surface area contributed by atoms with Gasteiger partial charge in [-0.15, -0.1) is 0 Å². The van der Waals surface area contributed by atoms with Crippen LogP contribution in [0, 0.1) is 5.92 Å². The van der Waals surface area contributed by atoms with E-state index in [1.54, 1.807) is 12.0 Å². The molecule has 3 fully saturated rings. The molecule has 36 heavy (non-hydrogen) atoms. The van der Waals surface area contributed by atoms with Crippen molar-refractivity contribution in [1.29, 1.82) is 0 Å². The van der Waals surface area contributed by atoms with Crippen LogP contribution in [0.3, 0.4) is 0 Å². The number of imide groups is 1. The Kier molecular flexibility index (Phi) is 7.10. The molecular weight excluding hydrogens is 550 g/mol. The van der Waals surface area contributed by atoms with E-state index in [2.05, 4.69) is 15.9 Å². The average molecular weight is 581 g/mol. The summed E-state index contributed by atoms with van der Waals surface area (Å²) in [4.78, 5) is 42.8. The summed E-state index contributed by atoms with van der Waals surface area (Å²) >= 11 is 5.01. The number of carbonyl (C=O) groups is 3. The smallest absolute Gasteiger partial charge is 0.328 e. The van der Waals surface area contributed by atoms with E-state index in [0.717, 1.165) is 32.7 Å². The molecule has 2 unspecified atom stereocenters. The fourth-order valence-electron chi connectivity index (χ4n) is 5.27. The van der Waals surface area contributed by atoms with Crippen LogP contribution in [0.15, 0.2) is 33.7 Å². The lowest BCUT2D eigenvalue weighted by molar-refractivity contribution is -0.144. The number of hydrogen-bond donors (Lipinski definition) is 1. The highest BCUT2D eigenvalue weighted by Gasteiger charge is 2.64. The maximum Gasteiger partial charge on any atom is 0.328 e. The molecular formula is C25H30BrN3O6S. The third-order valence-electron chi connectivity index (χ3n) is 7.50. The maximum absolute atomic E-state index is 14.0. The predicted octanol–water partition coefficient (Wildman–Crippen LogP) is 3.53. The monoisotopic (exact) mass is 579 g/mol. The summed E-state index contributed by atoms with van der Waals surface area (Å²) in [5.41, 5.74) is 6.12. The van der Waals surface area contributed by atoms with Crippen molar-refractivity contribution < 1.29 is 28.6 Å². The molecule has 9 nitrogen and oxygen atoms in total. The highest BCUT2D eigenvalue weighted by molar-refractivity contribution is 9.14. The van der Waals surface area contributed by atoms with Gasteiger partial charge in [-0.25, -0.2) is 9.69 Å². The second-order valence-corrected chi connectivity index (χ2v) is 12.1. The number of fused-ring (bicyclic) bond motifs is 1. The third kappa shape index (κ3) is 4.33. The van der Waals surface area contributed by atoms with Gasteiger partial charge in [0.1, 0.15) is 22.8 Å². The van der Waals surface area contributed by atoms with E-state index < -0.39 is 34.9 Å². The van der Waals surface area contributed by atoms with Crippen LogP contribution in [0.1, 0.15) is 44.3 Å². The quantitative estimate of drug-likeness (QED) is 0.501. The summed E-state index contributed by atoms with van der Waals surface area (Å²) in [7, 11) is 1.60. The summed E-state index contributed by atoms with van der Waals surface area (Å²) in [5, 5.41) is -0.449. The summed E-state index contributed by atoms with van der Waals surface area (Å²) in [5.74, 6) is -0.918. The minimum absolute atomic E-state index is 0.0368. The largest absolute Gasteiger partial charge is 0.496 e.